The largest absolute Gasteiger partial charge is 0.326 e. The van der Waals surface area contributed by atoms with Crippen molar-refractivity contribution in [2.24, 2.45) is 5.92 Å². The second-order valence-electron chi connectivity index (χ2n) is 5.70. The third-order valence-electron chi connectivity index (χ3n) is 4.11. The van der Waals surface area contributed by atoms with E-state index in [0.29, 0.717) is 0 Å². The Labute approximate surface area is 125 Å². The summed E-state index contributed by atoms with van der Waals surface area (Å²) in [6.07, 6.45) is 0. The van der Waals surface area contributed by atoms with Crippen LogP contribution in [0.2, 0.25) is 0 Å². The van der Waals surface area contributed by atoms with Crippen LogP contribution in [-0.4, -0.2) is 30.9 Å². The first kappa shape index (κ1) is 13.8. The van der Waals surface area contributed by atoms with Crippen LogP contribution in [0.5, 0.6) is 0 Å². The zero-order chi connectivity index (χ0) is 14.7. The average Bonchev–Trinajstić information content (AvgIpc) is 2.91. The molecule has 0 unspecified atom stereocenters. The molecule has 3 heteroatoms. The first-order chi connectivity index (χ1) is 10.2. The molecule has 1 N–H and O–H groups in total. The minimum absolute atomic E-state index is 0.00222. The van der Waals surface area contributed by atoms with Gasteiger partial charge in [-0.2, -0.15) is 0 Å². The molecule has 2 aromatic rings. The van der Waals surface area contributed by atoms with Gasteiger partial charge in [0.1, 0.15) is 0 Å². The van der Waals surface area contributed by atoms with E-state index in [9.17, 15) is 4.79 Å². The highest BCUT2D eigenvalue weighted by molar-refractivity contribution is 5.93. The van der Waals surface area contributed by atoms with Crippen LogP contribution in [0, 0.1) is 5.92 Å². The lowest BCUT2D eigenvalue weighted by Gasteiger charge is -2.18. The molecule has 0 spiro atoms. The fourth-order valence-corrected chi connectivity index (χ4v) is 3.06. The van der Waals surface area contributed by atoms with Crippen LogP contribution in [0.25, 0.3) is 0 Å². The van der Waals surface area contributed by atoms with E-state index in [1.54, 1.807) is 0 Å². The van der Waals surface area contributed by atoms with Crippen LogP contribution in [0.3, 0.4) is 0 Å². The van der Waals surface area contributed by atoms with Crippen molar-refractivity contribution in [2.45, 2.75) is 5.92 Å². The Bertz CT molecular complexity index is 597. The average molecular weight is 280 g/mol. The second kappa shape index (κ2) is 6.10. The van der Waals surface area contributed by atoms with E-state index in [-0.39, 0.29) is 17.7 Å². The number of amides is 1. The number of likely N-dealkylation sites (N-methyl/N-ethyl adjacent to an activating group) is 1. The van der Waals surface area contributed by atoms with Gasteiger partial charge in [-0.15, -0.1) is 0 Å². The number of hydrogen-bond donors (Lipinski definition) is 1. The number of carbonyl (C=O) groups excluding carboxylic acids is 1. The summed E-state index contributed by atoms with van der Waals surface area (Å²) >= 11 is 0. The molecule has 0 aromatic heterocycles. The molecule has 2 aromatic carbocycles. The third kappa shape index (κ3) is 3.14. The lowest BCUT2D eigenvalue weighted by Crippen LogP contribution is -2.28. The Balaban J connectivity index is 1.77. The maximum absolute atomic E-state index is 12.6. The molecule has 1 amide bonds. The molecular formula is C18H20N2O. The lowest BCUT2D eigenvalue weighted by atomic mass is 9.88. The lowest BCUT2D eigenvalue weighted by molar-refractivity contribution is -0.119. The summed E-state index contributed by atoms with van der Waals surface area (Å²) < 4.78 is 0. The summed E-state index contributed by atoms with van der Waals surface area (Å²) in [6, 6.07) is 20.0. The minimum atomic E-state index is -0.00222. The molecule has 1 aliphatic heterocycles. The highest BCUT2D eigenvalue weighted by atomic mass is 16.2. The van der Waals surface area contributed by atoms with Crippen molar-refractivity contribution >= 4 is 11.6 Å². The van der Waals surface area contributed by atoms with Crippen LogP contribution < -0.4 is 5.32 Å². The standard InChI is InChI=1S/C18H20N2O/c1-20-12-16(14-8-4-2-5-9-14)17(13-20)18(21)19-15-10-6-3-7-11-15/h2-11,16-17H,12-13H2,1H3,(H,19,21)/t16-,17+/m0/s1. The van der Waals surface area contributed by atoms with Gasteiger partial charge in [-0.25, -0.2) is 0 Å². The summed E-state index contributed by atoms with van der Waals surface area (Å²) in [7, 11) is 2.08. The van der Waals surface area contributed by atoms with E-state index in [4.69, 9.17) is 0 Å². The van der Waals surface area contributed by atoms with Crippen molar-refractivity contribution < 1.29 is 4.79 Å². The molecule has 0 aliphatic carbocycles. The zero-order valence-electron chi connectivity index (χ0n) is 12.2. The maximum atomic E-state index is 12.6. The predicted octanol–water partition coefficient (Wildman–Crippen LogP) is 2.97. The van der Waals surface area contributed by atoms with E-state index < -0.39 is 0 Å². The summed E-state index contributed by atoms with van der Waals surface area (Å²) in [5, 5.41) is 3.04. The third-order valence-corrected chi connectivity index (χ3v) is 4.11. The van der Waals surface area contributed by atoms with Crippen molar-refractivity contribution in [3.05, 3.63) is 66.2 Å². The number of nitrogens with one attached hydrogen (secondary N) is 1. The highest BCUT2D eigenvalue weighted by Crippen LogP contribution is 2.32. The smallest absolute Gasteiger partial charge is 0.229 e. The summed E-state index contributed by atoms with van der Waals surface area (Å²) in [5.41, 5.74) is 2.11. The van der Waals surface area contributed by atoms with Gasteiger partial charge in [0.2, 0.25) is 5.91 Å². The maximum Gasteiger partial charge on any atom is 0.229 e. The SMILES string of the molecule is CN1C[C@@H](C(=O)Nc2ccccc2)[C@H](c2ccccc2)C1. The van der Waals surface area contributed by atoms with Gasteiger partial charge in [-0.05, 0) is 24.7 Å². The molecule has 1 heterocycles. The monoisotopic (exact) mass is 280 g/mol. The molecule has 0 bridgehead atoms. The van der Waals surface area contributed by atoms with Gasteiger partial charge in [0.15, 0.2) is 0 Å². The number of carbonyl (C=O) groups is 1. The zero-order valence-corrected chi connectivity index (χ0v) is 12.2. The fourth-order valence-electron chi connectivity index (χ4n) is 3.06. The van der Waals surface area contributed by atoms with Crippen molar-refractivity contribution in [1.82, 2.24) is 4.90 Å². The molecule has 1 saturated heterocycles. The Morgan fingerprint density at radius 3 is 2.29 bits per heavy atom. The Morgan fingerprint density at radius 2 is 1.62 bits per heavy atom. The molecule has 21 heavy (non-hydrogen) atoms. The number of para-hydroxylation sites is 1. The van der Waals surface area contributed by atoms with Crippen molar-refractivity contribution in [3.63, 3.8) is 0 Å². The van der Waals surface area contributed by atoms with E-state index >= 15 is 0 Å². The van der Waals surface area contributed by atoms with Crippen molar-refractivity contribution in [1.29, 1.82) is 0 Å². The van der Waals surface area contributed by atoms with Gasteiger partial charge in [0.05, 0.1) is 5.92 Å². The molecular weight excluding hydrogens is 260 g/mol. The second-order valence-corrected chi connectivity index (χ2v) is 5.70. The number of likely N-dealkylation sites (tertiary alicyclic amines) is 1. The number of benzene rings is 2. The molecule has 3 rings (SSSR count). The minimum Gasteiger partial charge on any atom is -0.326 e. The fraction of sp³-hybridized carbons (Fsp3) is 0.278. The molecule has 1 aliphatic rings. The summed E-state index contributed by atoms with van der Waals surface area (Å²) in [5.74, 6) is 0.372. The topological polar surface area (TPSA) is 32.3 Å². The highest BCUT2D eigenvalue weighted by Gasteiger charge is 2.36. The van der Waals surface area contributed by atoms with Crippen LogP contribution in [-0.2, 0) is 4.79 Å². The first-order valence-corrected chi connectivity index (χ1v) is 7.33. The molecule has 108 valence electrons. The molecule has 1 fully saturated rings. The Kier molecular flexibility index (Phi) is 4.02. The first-order valence-electron chi connectivity index (χ1n) is 7.33. The van der Waals surface area contributed by atoms with Gasteiger partial charge in [0, 0.05) is 24.7 Å². The van der Waals surface area contributed by atoms with E-state index in [1.165, 1.54) is 5.56 Å². The Morgan fingerprint density at radius 1 is 1.00 bits per heavy atom. The van der Waals surface area contributed by atoms with Gasteiger partial charge >= 0.3 is 0 Å². The molecule has 0 saturated carbocycles. The van der Waals surface area contributed by atoms with E-state index in [1.807, 2.05) is 48.5 Å². The van der Waals surface area contributed by atoms with Gasteiger partial charge in [0.25, 0.3) is 0 Å². The van der Waals surface area contributed by atoms with Gasteiger partial charge < -0.3 is 10.2 Å². The van der Waals surface area contributed by atoms with Crippen LogP contribution in [0.15, 0.2) is 60.7 Å². The predicted molar refractivity (Wildman–Crippen MR) is 85.2 cm³/mol. The van der Waals surface area contributed by atoms with E-state index in [0.717, 1.165) is 18.8 Å². The van der Waals surface area contributed by atoms with E-state index in [2.05, 4.69) is 29.4 Å². The number of hydrogen-bond acceptors (Lipinski definition) is 2. The Hall–Kier alpha value is -2.13. The van der Waals surface area contributed by atoms with Gasteiger partial charge in [-0.3, -0.25) is 4.79 Å². The summed E-state index contributed by atoms with van der Waals surface area (Å²) in [4.78, 5) is 14.8. The summed E-state index contributed by atoms with van der Waals surface area (Å²) in [6.45, 7) is 1.73. The van der Waals surface area contributed by atoms with Crippen LogP contribution >= 0.6 is 0 Å². The van der Waals surface area contributed by atoms with Crippen LogP contribution in [0.1, 0.15) is 11.5 Å². The van der Waals surface area contributed by atoms with Crippen molar-refractivity contribution in [3.8, 4) is 0 Å². The number of rotatable bonds is 3. The normalized spacial score (nSPS) is 22.1. The molecule has 3 nitrogen and oxygen atoms in total. The molecule has 0 radical (unpaired) electrons. The number of nitrogens with zero attached hydrogens (tertiary/aromatic N) is 1. The quantitative estimate of drug-likeness (QED) is 0.937. The van der Waals surface area contributed by atoms with Crippen LogP contribution in [0.4, 0.5) is 5.69 Å². The van der Waals surface area contributed by atoms with Gasteiger partial charge in [-0.1, -0.05) is 48.5 Å². The number of anilines is 1. The molecule has 2 atom stereocenters. The van der Waals surface area contributed by atoms with Crippen molar-refractivity contribution in [2.75, 3.05) is 25.5 Å².